The van der Waals surface area contributed by atoms with E-state index in [1.165, 1.54) is 0 Å². The lowest BCUT2D eigenvalue weighted by molar-refractivity contribution is -0.150. The van der Waals surface area contributed by atoms with Crippen LogP contribution in [-0.4, -0.2) is 34.8 Å². The predicted molar refractivity (Wildman–Crippen MR) is 114 cm³/mol. The Morgan fingerprint density at radius 2 is 1.87 bits per heavy atom. The number of para-hydroxylation sites is 1. The molecule has 0 aliphatic carbocycles. The molecule has 7 nitrogen and oxygen atoms in total. The number of hydrogen-bond acceptors (Lipinski definition) is 5. The molecule has 1 rings (SSSR count). The van der Waals surface area contributed by atoms with Gasteiger partial charge in [-0.3, -0.25) is 10.1 Å². The number of hydrogen-bond donors (Lipinski definition) is 2. The quantitative estimate of drug-likeness (QED) is 0.473. The molecule has 0 fully saturated rings. The predicted octanol–water partition coefficient (Wildman–Crippen LogP) is 4.60. The second kappa shape index (κ2) is 11.9. The number of carbonyl (C=O) groups is 3. The van der Waals surface area contributed by atoms with Crippen molar-refractivity contribution >= 4 is 23.7 Å². The molecule has 0 saturated heterocycles. The van der Waals surface area contributed by atoms with Crippen molar-refractivity contribution in [2.24, 2.45) is 5.92 Å². The average Bonchev–Trinajstić information content (AvgIpc) is 2.63. The molecule has 7 heteroatoms. The van der Waals surface area contributed by atoms with Gasteiger partial charge in [-0.1, -0.05) is 44.7 Å². The molecule has 0 aliphatic rings. The van der Waals surface area contributed by atoms with Crippen molar-refractivity contribution in [1.82, 2.24) is 0 Å². The van der Waals surface area contributed by atoms with E-state index in [9.17, 15) is 14.4 Å². The summed E-state index contributed by atoms with van der Waals surface area (Å²) in [5.41, 5.74) is 0.155. The molecule has 164 valence electrons. The summed E-state index contributed by atoms with van der Waals surface area (Å²) in [5.74, 6) is 3.13. The summed E-state index contributed by atoms with van der Waals surface area (Å²) in [4.78, 5) is 35.3. The van der Waals surface area contributed by atoms with Crippen LogP contribution < -0.4 is 5.32 Å². The van der Waals surface area contributed by atoms with Crippen molar-refractivity contribution < 1.29 is 29.0 Å². The molecule has 2 N–H and O–H groups in total. The van der Waals surface area contributed by atoms with Gasteiger partial charge in [0.25, 0.3) is 0 Å². The van der Waals surface area contributed by atoms with Crippen LogP contribution in [0.1, 0.15) is 65.9 Å². The Kier molecular flexibility index (Phi) is 9.90. The van der Waals surface area contributed by atoms with Crippen LogP contribution in [0.25, 0.3) is 0 Å². The Labute approximate surface area is 178 Å². The van der Waals surface area contributed by atoms with Crippen molar-refractivity contribution in [3.05, 3.63) is 29.8 Å². The molecule has 1 aromatic carbocycles. The average molecular weight is 418 g/mol. The van der Waals surface area contributed by atoms with E-state index in [0.717, 1.165) is 19.3 Å². The van der Waals surface area contributed by atoms with Gasteiger partial charge in [-0.15, -0.1) is 0 Å². The van der Waals surface area contributed by atoms with Crippen LogP contribution in [0.3, 0.4) is 0 Å². The Balaban J connectivity index is 2.88. The number of anilines is 1. The Bertz CT molecular complexity index is 800. The number of esters is 1. The summed E-state index contributed by atoms with van der Waals surface area (Å²) in [5, 5.41) is 11.7. The fourth-order valence-electron chi connectivity index (χ4n) is 2.64. The van der Waals surface area contributed by atoms with E-state index < -0.39 is 29.7 Å². The number of amides is 1. The fraction of sp³-hybridized carbons (Fsp3) is 0.522. The van der Waals surface area contributed by atoms with Gasteiger partial charge < -0.3 is 14.6 Å². The Hall–Kier alpha value is -3.01. The number of carbonyl (C=O) groups excluding carboxylic acids is 2. The number of aliphatic carboxylic acids is 1. The smallest absolute Gasteiger partial charge is 0.412 e. The molecule has 0 radical (unpaired) electrons. The van der Waals surface area contributed by atoms with E-state index in [0.29, 0.717) is 11.3 Å². The van der Waals surface area contributed by atoms with Crippen molar-refractivity contribution in [3.8, 4) is 11.8 Å². The lowest BCUT2D eigenvalue weighted by Gasteiger charge is -2.21. The SMILES string of the molecule is CCCC[C@H](C)[C@H](CC(=O)O)OC(=O)C#Cc1ccccc1NC(=O)OC(C)(C)C. The van der Waals surface area contributed by atoms with Crippen LogP contribution in [0.2, 0.25) is 0 Å². The van der Waals surface area contributed by atoms with E-state index in [-0.39, 0.29) is 12.3 Å². The third-order valence-electron chi connectivity index (χ3n) is 4.14. The van der Waals surface area contributed by atoms with Crippen LogP contribution in [0, 0.1) is 17.8 Å². The summed E-state index contributed by atoms with van der Waals surface area (Å²) in [6.45, 7) is 9.17. The van der Waals surface area contributed by atoms with Crippen LogP contribution >= 0.6 is 0 Å². The number of ether oxygens (including phenoxy) is 2. The van der Waals surface area contributed by atoms with Gasteiger partial charge in [0.1, 0.15) is 11.7 Å². The molecular weight excluding hydrogens is 386 g/mol. The molecule has 0 heterocycles. The highest BCUT2D eigenvalue weighted by Gasteiger charge is 2.23. The number of carboxylic acid groups (broad SMARTS) is 1. The molecular formula is C23H31NO6. The number of nitrogens with one attached hydrogen (secondary N) is 1. The van der Waals surface area contributed by atoms with Gasteiger partial charge in [-0.05, 0) is 45.2 Å². The van der Waals surface area contributed by atoms with E-state index in [2.05, 4.69) is 17.2 Å². The van der Waals surface area contributed by atoms with Gasteiger partial charge >= 0.3 is 18.0 Å². The zero-order valence-corrected chi connectivity index (χ0v) is 18.3. The Morgan fingerprint density at radius 1 is 1.20 bits per heavy atom. The van der Waals surface area contributed by atoms with Crippen molar-refractivity contribution in [2.45, 2.75) is 72.0 Å². The molecule has 0 unspecified atom stereocenters. The maximum Gasteiger partial charge on any atom is 0.412 e. The number of carboxylic acids is 1. The number of rotatable bonds is 8. The lowest BCUT2D eigenvalue weighted by Crippen LogP contribution is -2.27. The summed E-state index contributed by atoms with van der Waals surface area (Å²) >= 11 is 0. The number of benzene rings is 1. The highest BCUT2D eigenvalue weighted by Crippen LogP contribution is 2.19. The van der Waals surface area contributed by atoms with E-state index in [1.807, 2.05) is 13.8 Å². The van der Waals surface area contributed by atoms with Crippen molar-refractivity contribution in [1.29, 1.82) is 0 Å². The Morgan fingerprint density at radius 3 is 2.47 bits per heavy atom. The third-order valence-corrected chi connectivity index (χ3v) is 4.14. The first kappa shape index (κ1) is 25.0. The van der Waals surface area contributed by atoms with E-state index in [1.54, 1.807) is 45.0 Å². The molecule has 0 bridgehead atoms. The van der Waals surface area contributed by atoms with E-state index >= 15 is 0 Å². The minimum Gasteiger partial charge on any atom is -0.481 e. The molecule has 1 aromatic rings. The van der Waals surface area contributed by atoms with Crippen LogP contribution in [0.4, 0.5) is 10.5 Å². The fourth-order valence-corrected chi connectivity index (χ4v) is 2.64. The van der Waals surface area contributed by atoms with Crippen LogP contribution in [0.5, 0.6) is 0 Å². The summed E-state index contributed by atoms with van der Waals surface area (Å²) < 4.78 is 10.5. The van der Waals surface area contributed by atoms with Gasteiger partial charge in [0.2, 0.25) is 0 Å². The van der Waals surface area contributed by atoms with Crippen LogP contribution in [-0.2, 0) is 19.1 Å². The summed E-state index contributed by atoms with van der Waals surface area (Å²) in [6, 6.07) is 6.72. The van der Waals surface area contributed by atoms with Gasteiger partial charge in [-0.25, -0.2) is 9.59 Å². The monoisotopic (exact) mass is 417 g/mol. The minimum atomic E-state index is -1.03. The van der Waals surface area contributed by atoms with Crippen molar-refractivity contribution in [2.75, 3.05) is 5.32 Å². The maximum absolute atomic E-state index is 12.2. The normalized spacial score (nSPS) is 12.7. The molecule has 0 spiro atoms. The topological polar surface area (TPSA) is 102 Å². The molecule has 0 saturated carbocycles. The lowest BCUT2D eigenvalue weighted by atomic mass is 9.96. The second-order valence-corrected chi connectivity index (χ2v) is 8.08. The largest absolute Gasteiger partial charge is 0.481 e. The highest BCUT2D eigenvalue weighted by atomic mass is 16.6. The van der Waals surface area contributed by atoms with Gasteiger partial charge in [-0.2, -0.15) is 0 Å². The maximum atomic E-state index is 12.2. The zero-order valence-electron chi connectivity index (χ0n) is 18.3. The number of unbranched alkanes of at least 4 members (excludes halogenated alkanes) is 1. The second-order valence-electron chi connectivity index (χ2n) is 8.08. The molecule has 30 heavy (non-hydrogen) atoms. The zero-order chi connectivity index (χ0) is 22.7. The molecule has 0 aromatic heterocycles. The van der Waals surface area contributed by atoms with E-state index in [4.69, 9.17) is 14.6 Å². The van der Waals surface area contributed by atoms with Crippen molar-refractivity contribution in [3.63, 3.8) is 0 Å². The standard InChI is InChI=1S/C23H31NO6/c1-6-7-10-16(2)19(15-20(25)26)29-21(27)14-13-17-11-8-9-12-18(17)24-22(28)30-23(3,4)5/h8-9,11-12,16,19H,6-7,10,15H2,1-5H3,(H,24,28)(H,25,26)/t16-,19-/m0/s1. The van der Waals surface area contributed by atoms with Crippen LogP contribution in [0.15, 0.2) is 24.3 Å². The first-order valence-electron chi connectivity index (χ1n) is 10.0. The molecule has 0 aliphatic heterocycles. The third kappa shape index (κ3) is 9.97. The first-order valence-corrected chi connectivity index (χ1v) is 10.0. The van der Waals surface area contributed by atoms with Gasteiger partial charge in [0.15, 0.2) is 0 Å². The molecule has 1 amide bonds. The van der Waals surface area contributed by atoms with Gasteiger partial charge in [0, 0.05) is 11.5 Å². The summed E-state index contributed by atoms with van der Waals surface area (Å²) in [7, 11) is 0. The molecule has 2 atom stereocenters. The minimum absolute atomic E-state index is 0.0899. The van der Waals surface area contributed by atoms with Gasteiger partial charge in [0.05, 0.1) is 12.1 Å². The first-order chi connectivity index (χ1) is 14.0. The highest BCUT2D eigenvalue weighted by molar-refractivity contribution is 5.91. The summed E-state index contributed by atoms with van der Waals surface area (Å²) in [6.07, 6.45) is 1.01.